The molecule has 8 heteroatoms. The van der Waals surface area contributed by atoms with Crippen molar-refractivity contribution in [3.8, 4) is 17.2 Å². The number of fused-ring (bicyclic) bond motifs is 1. The molecule has 0 unspecified atom stereocenters. The lowest BCUT2D eigenvalue weighted by Crippen LogP contribution is -2.12. The van der Waals surface area contributed by atoms with Gasteiger partial charge in [0.25, 0.3) is 0 Å². The summed E-state index contributed by atoms with van der Waals surface area (Å²) in [5.74, 6) is 3.24. The monoisotopic (exact) mass is 504 g/mol. The van der Waals surface area contributed by atoms with Crippen LogP contribution in [0.15, 0.2) is 102 Å². The van der Waals surface area contributed by atoms with Gasteiger partial charge in [-0.1, -0.05) is 25.5 Å². The molecule has 0 spiro atoms. The fourth-order valence-corrected chi connectivity index (χ4v) is 4.92. The number of benzene rings is 2. The number of hydrogen-bond donors (Lipinski definition) is 3. The van der Waals surface area contributed by atoms with Crippen LogP contribution in [0.3, 0.4) is 0 Å². The number of anilines is 2. The predicted octanol–water partition coefficient (Wildman–Crippen LogP) is 6.55. The maximum atomic E-state index is 11.7. The molecule has 3 N–H and O–H groups in total. The highest BCUT2D eigenvalue weighted by Gasteiger charge is 2.22. The topological polar surface area (TPSA) is 96.9 Å². The summed E-state index contributed by atoms with van der Waals surface area (Å²) in [5, 5.41) is 12.7. The molecule has 5 aromatic rings. The zero-order valence-corrected chi connectivity index (χ0v) is 20.9. The second kappa shape index (κ2) is 10.3. The van der Waals surface area contributed by atoms with E-state index in [0.29, 0.717) is 23.2 Å². The molecule has 0 saturated heterocycles. The van der Waals surface area contributed by atoms with E-state index in [1.807, 2.05) is 65.3 Å². The summed E-state index contributed by atoms with van der Waals surface area (Å²) in [6.07, 6.45) is 8.15. The van der Waals surface area contributed by atoms with Crippen LogP contribution in [0.2, 0.25) is 0 Å². The maximum absolute atomic E-state index is 11.7. The largest absolute Gasteiger partial charge is 0.456 e. The minimum Gasteiger partial charge on any atom is -0.456 e. The predicted molar refractivity (Wildman–Crippen MR) is 150 cm³/mol. The van der Waals surface area contributed by atoms with Crippen LogP contribution in [-0.4, -0.2) is 19.7 Å². The van der Waals surface area contributed by atoms with Gasteiger partial charge in [-0.3, -0.25) is 9.78 Å². The summed E-state index contributed by atoms with van der Waals surface area (Å²) < 4.78 is 7.82. The van der Waals surface area contributed by atoms with Crippen LogP contribution in [-0.2, 0) is 0 Å². The summed E-state index contributed by atoms with van der Waals surface area (Å²) in [6, 6.07) is 22.7. The number of rotatable bonds is 8. The van der Waals surface area contributed by atoms with Crippen LogP contribution in [0, 0.1) is 0 Å². The van der Waals surface area contributed by atoms with Crippen LogP contribution >= 0.6 is 0 Å². The van der Waals surface area contributed by atoms with E-state index in [0.717, 1.165) is 46.6 Å². The fraction of sp³-hybridized carbons (Fsp3) is 0.167. The van der Waals surface area contributed by atoms with E-state index in [1.54, 1.807) is 12.4 Å². The number of ether oxygens (including phenoxy) is 1. The van der Waals surface area contributed by atoms with Crippen LogP contribution in [0.25, 0.3) is 16.6 Å². The van der Waals surface area contributed by atoms with E-state index >= 15 is 0 Å². The molecule has 1 fully saturated rings. The molecule has 6 rings (SSSR count). The van der Waals surface area contributed by atoms with E-state index in [9.17, 15) is 4.79 Å². The molecule has 0 bridgehead atoms. The number of nitrogens with zero attached hydrogens (tertiary/aromatic N) is 3. The Labute approximate surface area is 220 Å². The normalized spacial score (nSPS) is 13.5. The fourth-order valence-electron chi connectivity index (χ4n) is 4.92. The first-order valence-electron chi connectivity index (χ1n) is 12.7. The Morgan fingerprint density at radius 3 is 2.68 bits per heavy atom. The Hall–Kier alpha value is -4.85. The van der Waals surface area contributed by atoms with Crippen LogP contribution in [0.5, 0.6) is 11.5 Å². The van der Waals surface area contributed by atoms with E-state index in [-0.39, 0.29) is 5.56 Å². The third-order valence-electron chi connectivity index (χ3n) is 6.73. The maximum Gasteiger partial charge on any atom is 0.248 e. The van der Waals surface area contributed by atoms with Crippen molar-refractivity contribution in [2.75, 3.05) is 10.6 Å². The van der Waals surface area contributed by atoms with Crippen molar-refractivity contribution in [3.63, 3.8) is 0 Å². The van der Waals surface area contributed by atoms with Gasteiger partial charge in [-0.2, -0.15) is 5.10 Å². The highest BCUT2D eigenvalue weighted by Crippen LogP contribution is 2.35. The minimum absolute atomic E-state index is 0.118. The average Bonchev–Trinajstić information content (AvgIpc) is 3.60. The van der Waals surface area contributed by atoms with Gasteiger partial charge in [0.1, 0.15) is 23.1 Å². The van der Waals surface area contributed by atoms with Crippen molar-refractivity contribution < 1.29 is 4.74 Å². The van der Waals surface area contributed by atoms with E-state index in [1.165, 1.54) is 18.9 Å². The molecule has 0 radical (unpaired) electrons. The number of aromatic nitrogens is 4. The van der Waals surface area contributed by atoms with Gasteiger partial charge >= 0.3 is 0 Å². The number of nitrogens with one attached hydrogen (secondary N) is 3. The van der Waals surface area contributed by atoms with E-state index in [2.05, 4.69) is 33.2 Å². The number of pyridine rings is 2. The number of aromatic amines is 1. The van der Waals surface area contributed by atoms with Crippen molar-refractivity contribution >= 4 is 22.4 Å². The second-order valence-electron chi connectivity index (χ2n) is 9.49. The summed E-state index contributed by atoms with van der Waals surface area (Å²) >= 11 is 0. The van der Waals surface area contributed by atoms with Gasteiger partial charge in [0.15, 0.2) is 0 Å². The lowest BCUT2D eigenvalue weighted by molar-refractivity contribution is 0.480. The molecule has 2 aromatic carbocycles. The molecule has 190 valence electrons. The lowest BCUT2D eigenvalue weighted by Gasteiger charge is -2.15. The first kappa shape index (κ1) is 23.5. The van der Waals surface area contributed by atoms with Gasteiger partial charge in [-0.05, 0) is 61.4 Å². The SMILES string of the molecule is C=C(Nc1cccc(Oc2cccnc2)c1)Nc1cc(C2CCCC2)nn1-c1ccc2[nH]c(=O)ccc2c1. The Kier molecular flexibility index (Phi) is 6.35. The van der Waals surface area contributed by atoms with Gasteiger partial charge < -0.3 is 20.4 Å². The van der Waals surface area contributed by atoms with Crippen LogP contribution in [0.4, 0.5) is 11.5 Å². The number of H-pyrrole nitrogens is 1. The zero-order chi connectivity index (χ0) is 25.9. The third kappa shape index (κ3) is 5.15. The quantitative estimate of drug-likeness (QED) is 0.222. The van der Waals surface area contributed by atoms with Gasteiger partial charge in [-0.15, -0.1) is 0 Å². The Bertz CT molecular complexity index is 1650. The smallest absolute Gasteiger partial charge is 0.248 e. The molecule has 3 aromatic heterocycles. The van der Waals surface area contributed by atoms with Gasteiger partial charge in [0.2, 0.25) is 5.56 Å². The van der Waals surface area contributed by atoms with Crippen LogP contribution < -0.4 is 20.9 Å². The molecular weight excluding hydrogens is 476 g/mol. The molecule has 0 atom stereocenters. The molecule has 3 heterocycles. The van der Waals surface area contributed by atoms with Crippen molar-refractivity contribution in [2.45, 2.75) is 31.6 Å². The first-order valence-corrected chi connectivity index (χ1v) is 12.7. The summed E-state index contributed by atoms with van der Waals surface area (Å²) in [4.78, 5) is 18.7. The van der Waals surface area contributed by atoms with E-state index < -0.39 is 0 Å². The molecule has 8 nitrogen and oxygen atoms in total. The zero-order valence-electron chi connectivity index (χ0n) is 20.9. The van der Waals surface area contributed by atoms with E-state index in [4.69, 9.17) is 9.84 Å². The van der Waals surface area contributed by atoms with Crippen molar-refractivity contribution in [2.24, 2.45) is 0 Å². The Morgan fingerprint density at radius 1 is 0.974 bits per heavy atom. The van der Waals surface area contributed by atoms with Crippen LogP contribution in [0.1, 0.15) is 37.3 Å². The second-order valence-corrected chi connectivity index (χ2v) is 9.49. The first-order chi connectivity index (χ1) is 18.6. The molecule has 1 aliphatic carbocycles. The molecule has 1 saturated carbocycles. The summed E-state index contributed by atoms with van der Waals surface area (Å²) in [6.45, 7) is 4.21. The van der Waals surface area contributed by atoms with Crippen molar-refractivity contribution in [3.05, 3.63) is 114 Å². The molecule has 38 heavy (non-hydrogen) atoms. The standard InChI is InChI=1S/C30H28N6O2/c1-20(32-23-8-4-9-25(17-23)38-26-10-5-15-31-19-26)33-29-18-28(21-6-2-3-7-21)35-36(29)24-12-13-27-22(16-24)11-14-30(37)34-27/h4-5,8-19,21,32-33H,1-3,6-7H2,(H,34,37). The van der Waals surface area contributed by atoms with Gasteiger partial charge in [-0.25, -0.2) is 4.68 Å². The lowest BCUT2D eigenvalue weighted by atomic mass is 10.0. The average molecular weight is 505 g/mol. The molecular formula is C30H28N6O2. The number of hydrogen-bond acceptors (Lipinski definition) is 6. The van der Waals surface area contributed by atoms with Gasteiger partial charge in [0, 0.05) is 46.9 Å². The molecule has 1 aliphatic rings. The Balaban J connectivity index is 1.25. The molecule has 0 aliphatic heterocycles. The highest BCUT2D eigenvalue weighted by atomic mass is 16.5. The van der Waals surface area contributed by atoms with Crippen molar-refractivity contribution in [1.82, 2.24) is 19.7 Å². The summed E-state index contributed by atoms with van der Waals surface area (Å²) in [5.41, 5.74) is 3.48. The highest BCUT2D eigenvalue weighted by molar-refractivity contribution is 5.80. The minimum atomic E-state index is -0.118. The summed E-state index contributed by atoms with van der Waals surface area (Å²) in [7, 11) is 0. The van der Waals surface area contributed by atoms with Gasteiger partial charge in [0.05, 0.1) is 17.6 Å². The van der Waals surface area contributed by atoms with Crippen molar-refractivity contribution in [1.29, 1.82) is 0 Å². The molecule has 0 amide bonds. The third-order valence-corrected chi connectivity index (χ3v) is 6.73. The Morgan fingerprint density at radius 2 is 1.84 bits per heavy atom.